The number of ether oxygens (including phenoxy) is 1. The Labute approximate surface area is 133 Å². The Hall–Kier alpha value is -2.07. The normalized spacial score (nSPS) is 16.2. The Kier molecular flexibility index (Phi) is 4.29. The van der Waals surface area contributed by atoms with Crippen molar-refractivity contribution in [3.8, 4) is 0 Å². The van der Waals surface area contributed by atoms with E-state index in [4.69, 9.17) is 16.3 Å². The van der Waals surface area contributed by atoms with Crippen LogP contribution in [0.2, 0.25) is 5.02 Å². The lowest BCUT2D eigenvalue weighted by Crippen LogP contribution is -2.35. The average molecular weight is 320 g/mol. The first-order valence-corrected chi connectivity index (χ1v) is 7.43. The second-order valence-electron chi connectivity index (χ2n) is 5.35. The highest BCUT2D eigenvalue weighted by atomic mass is 35.5. The van der Waals surface area contributed by atoms with Gasteiger partial charge in [-0.2, -0.15) is 0 Å². The lowest BCUT2D eigenvalue weighted by molar-refractivity contribution is 0.136. The summed E-state index contributed by atoms with van der Waals surface area (Å²) in [5, 5.41) is 2.92. The second kappa shape index (κ2) is 6.36. The van der Waals surface area contributed by atoms with Crippen LogP contribution in [-0.4, -0.2) is 12.1 Å². The zero-order valence-corrected chi connectivity index (χ0v) is 12.6. The van der Waals surface area contributed by atoms with Crippen molar-refractivity contribution in [2.24, 2.45) is 0 Å². The molecule has 0 unspecified atom stereocenters. The van der Waals surface area contributed by atoms with Crippen molar-refractivity contribution in [2.75, 3.05) is 0 Å². The van der Waals surface area contributed by atoms with Gasteiger partial charge < -0.3 is 10.1 Å². The third-order valence-electron chi connectivity index (χ3n) is 3.71. The summed E-state index contributed by atoms with van der Waals surface area (Å²) in [5.74, 6) is -0.423. The first kappa shape index (κ1) is 14.9. The quantitative estimate of drug-likeness (QED) is 0.932. The van der Waals surface area contributed by atoms with E-state index in [1.165, 1.54) is 6.07 Å². The van der Waals surface area contributed by atoms with E-state index in [-0.39, 0.29) is 17.7 Å². The molecule has 114 valence electrons. The number of amides is 1. The van der Waals surface area contributed by atoms with Gasteiger partial charge in [0.1, 0.15) is 12.4 Å². The van der Waals surface area contributed by atoms with Crippen molar-refractivity contribution < 1.29 is 13.9 Å². The Morgan fingerprint density at radius 3 is 2.64 bits per heavy atom. The molecule has 22 heavy (non-hydrogen) atoms. The van der Waals surface area contributed by atoms with Gasteiger partial charge in [-0.1, -0.05) is 41.9 Å². The molecule has 2 aromatic carbocycles. The van der Waals surface area contributed by atoms with Gasteiger partial charge in [0.15, 0.2) is 0 Å². The van der Waals surface area contributed by atoms with E-state index >= 15 is 0 Å². The largest absolute Gasteiger partial charge is 0.445 e. The van der Waals surface area contributed by atoms with E-state index in [1.807, 2.05) is 30.3 Å². The van der Waals surface area contributed by atoms with E-state index < -0.39 is 11.9 Å². The third kappa shape index (κ3) is 3.39. The van der Waals surface area contributed by atoms with Crippen molar-refractivity contribution in [1.29, 1.82) is 0 Å². The molecule has 5 heteroatoms. The van der Waals surface area contributed by atoms with Crippen LogP contribution in [0.1, 0.15) is 16.7 Å². The molecule has 1 atom stereocenters. The van der Waals surface area contributed by atoms with Crippen LogP contribution in [0.15, 0.2) is 42.5 Å². The molecular weight excluding hydrogens is 305 g/mol. The number of halogens is 2. The molecule has 0 spiro atoms. The summed E-state index contributed by atoms with van der Waals surface area (Å²) >= 11 is 5.78. The number of fused-ring (bicyclic) bond motifs is 1. The Bertz CT molecular complexity index is 660. The molecule has 1 aliphatic rings. The average Bonchev–Trinajstić information content (AvgIpc) is 2.88. The van der Waals surface area contributed by atoms with E-state index in [2.05, 4.69) is 5.32 Å². The van der Waals surface area contributed by atoms with Crippen LogP contribution in [0.4, 0.5) is 9.18 Å². The number of nitrogens with one attached hydrogen (secondary N) is 1. The van der Waals surface area contributed by atoms with Gasteiger partial charge in [0.05, 0.1) is 5.02 Å². The first-order chi connectivity index (χ1) is 10.6. The van der Waals surface area contributed by atoms with Gasteiger partial charge in [-0.15, -0.1) is 0 Å². The molecule has 0 aliphatic heterocycles. The fourth-order valence-corrected chi connectivity index (χ4v) is 2.83. The molecule has 0 heterocycles. The van der Waals surface area contributed by atoms with Gasteiger partial charge in [0, 0.05) is 6.04 Å². The second-order valence-corrected chi connectivity index (χ2v) is 5.75. The van der Waals surface area contributed by atoms with Gasteiger partial charge in [0.2, 0.25) is 0 Å². The maximum absolute atomic E-state index is 13.4. The number of benzene rings is 2. The van der Waals surface area contributed by atoms with Crippen molar-refractivity contribution in [1.82, 2.24) is 5.32 Å². The molecule has 0 fully saturated rings. The van der Waals surface area contributed by atoms with E-state index in [0.29, 0.717) is 12.8 Å². The Morgan fingerprint density at radius 2 is 1.91 bits per heavy atom. The van der Waals surface area contributed by atoms with Crippen LogP contribution in [0, 0.1) is 5.82 Å². The van der Waals surface area contributed by atoms with Crippen molar-refractivity contribution in [3.63, 3.8) is 0 Å². The van der Waals surface area contributed by atoms with Crippen molar-refractivity contribution >= 4 is 17.7 Å². The maximum Gasteiger partial charge on any atom is 0.407 e. The molecule has 0 saturated heterocycles. The van der Waals surface area contributed by atoms with Gasteiger partial charge in [-0.25, -0.2) is 9.18 Å². The predicted octanol–water partition coefficient (Wildman–Crippen LogP) is 3.87. The zero-order chi connectivity index (χ0) is 15.5. The van der Waals surface area contributed by atoms with E-state index in [9.17, 15) is 9.18 Å². The van der Waals surface area contributed by atoms with E-state index in [0.717, 1.165) is 16.7 Å². The van der Waals surface area contributed by atoms with Gasteiger partial charge in [0.25, 0.3) is 0 Å². The molecule has 0 saturated carbocycles. The highest BCUT2D eigenvalue weighted by molar-refractivity contribution is 6.30. The van der Waals surface area contributed by atoms with Crippen LogP contribution in [0.25, 0.3) is 0 Å². The highest BCUT2D eigenvalue weighted by Crippen LogP contribution is 2.27. The van der Waals surface area contributed by atoms with Crippen LogP contribution < -0.4 is 5.32 Å². The van der Waals surface area contributed by atoms with Crippen molar-refractivity contribution in [3.05, 3.63) is 70.0 Å². The lowest BCUT2D eigenvalue weighted by Gasteiger charge is -2.12. The fourth-order valence-electron chi connectivity index (χ4n) is 2.65. The number of hydrogen-bond donors (Lipinski definition) is 1. The maximum atomic E-state index is 13.4. The van der Waals surface area contributed by atoms with E-state index in [1.54, 1.807) is 6.07 Å². The molecule has 1 N–H and O–H groups in total. The summed E-state index contributed by atoms with van der Waals surface area (Å²) in [6.45, 7) is 0.229. The Morgan fingerprint density at radius 1 is 1.23 bits per heavy atom. The molecule has 3 rings (SSSR count). The molecule has 2 aromatic rings. The van der Waals surface area contributed by atoms with Gasteiger partial charge in [-0.3, -0.25) is 0 Å². The van der Waals surface area contributed by atoms with Crippen LogP contribution in [-0.2, 0) is 24.2 Å². The zero-order valence-electron chi connectivity index (χ0n) is 11.8. The van der Waals surface area contributed by atoms with Crippen LogP contribution in [0.3, 0.4) is 0 Å². The van der Waals surface area contributed by atoms with Gasteiger partial charge in [-0.05, 0) is 41.7 Å². The summed E-state index contributed by atoms with van der Waals surface area (Å²) in [7, 11) is 0. The molecular formula is C17H15ClFNO2. The minimum absolute atomic E-state index is 0.0869. The number of carbonyl (C=O) groups excluding carboxylic acids is 1. The number of rotatable bonds is 3. The highest BCUT2D eigenvalue weighted by Gasteiger charge is 2.24. The van der Waals surface area contributed by atoms with Crippen LogP contribution in [0.5, 0.6) is 0 Å². The summed E-state index contributed by atoms with van der Waals surface area (Å²) in [6, 6.07) is 12.5. The molecule has 3 nitrogen and oxygen atoms in total. The summed E-state index contributed by atoms with van der Waals surface area (Å²) in [5.41, 5.74) is 2.79. The summed E-state index contributed by atoms with van der Waals surface area (Å²) < 4.78 is 18.6. The van der Waals surface area contributed by atoms with Crippen LogP contribution >= 0.6 is 11.6 Å². The molecule has 0 radical (unpaired) electrons. The number of carbonyl (C=O) groups is 1. The van der Waals surface area contributed by atoms with Crippen molar-refractivity contribution in [2.45, 2.75) is 25.5 Å². The Balaban J connectivity index is 1.53. The SMILES string of the molecule is O=C(N[C@@H]1Cc2cc(F)c(Cl)cc2C1)OCc1ccccc1. The number of alkyl carbamates (subject to hydrolysis) is 1. The smallest absolute Gasteiger partial charge is 0.407 e. The summed E-state index contributed by atoms with van der Waals surface area (Å²) in [6.07, 6.45) is 0.757. The topological polar surface area (TPSA) is 38.3 Å². The minimum Gasteiger partial charge on any atom is -0.445 e. The lowest BCUT2D eigenvalue weighted by atomic mass is 10.1. The molecule has 1 aliphatic carbocycles. The monoisotopic (exact) mass is 319 g/mol. The fraction of sp³-hybridized carbons (Fsp3) is 0.235. The number of hydrogen-bond acceptors (Lipinski definition) is 2. The predicted molar refractivity (Wildman–Crippen MR) is 82.4 cm³/mol. The molecule has 1 amide bonds. The third-order valence-corrected chi connectivity index (χ3v) is 4.00. The summed E-state index contributed by atoms with van der Waals surface area (Å²) in [4.78, 5) is 11.8. The standard InChI is InChI=1S/C17H15ClFNO2/c18-15-8-12-6-14(7-13(12)9-16(15)19)20-17(21)22-10-11-4-2-1-3-5-11/h1-5,8-9,14H,6-7,10H2,(H,20,21)/t14-/m0/s1. The molecule has 0 aromatic heterocycles. The minimum atomic E-state index is -0.465. The molecule has 0 bridgehead atoms. The van der Waals surface area contributed by atoms with Gasteiger partial charge >= 0.3 is 6.09 Å². The first-order valence-electron chi connectivity index (χ1n) is 7.06.